The van der Waals surface area contributed by atoms with E-state index in [4.69, 9.17) is 23.2 Å². The third-order valence-electron chi connectivity index (χ3n) is 2.35. The smallest absolute Gasteiger partial charge is 0.154 e. The van der Waals surface area contributed by atoms with Gasteiger partial charge in [0.25, 0.3) is 0 Å². The Morgan fingerprint density at radius 2 is 1.94 bits per heavy atom. The van der Waals surface area contributed by atoms with E-state index in [1.165, 1.54) is 0 Å². The normalized spacial score (nSPS) is 11.8. The van der Waals surface area contributed by atoms with Crippen molar-refractivity contribution in [2.75, 3.05) is 17.6 Å². The zero-order valence-corrected chi connectivity index (χ0v) is 12.0. The number of rotatable bonds is 5. The van der Waals surface area contributed by atoms with E-state index in [1.807, 2.05) is 0 Å². The monoisotopic (exact) mass is 295 g/mol. The van der Waals surface area contributed by atoms with Gasteiger partial charge in [-0.15, -0.1) is 0 Å². The van der Waals surface area contributed by atoms with Gasteiger partial charge in [0.1, 0.15) is 0 Å². The molecule has 0 aliphatic heterocycles. The predicted octanol–water partition coefficient (Wildman–Crippen LogP) is 3.23. The molecule has 0 bridgehead atoms. The number of nitrogens with one attached hydrogen (secondary N) is 1. The Bertz CT molecular complexity index is 486. The van der Waals surface area contributed by atoms with Gasteiger partial charge < -0.3 is 5.32 Å². The number of sulfone groups is 1. The van der Waals surface area contributed by atoms with E-state index in [1.54, 1.807) is 32.0 Å². The summed E-state index contributed by atoms with van der Waals surface area (Å²) in [6, 6.07) is 5.04. The molecular formula is C11H15Cl2NO2S. The Balaban J connectivity index is 2.58. The molecule has 1 N–H and O–H groups in total. The van der Waals surface area contributed by atoms with Gasteiger partial charge in [-0.2, -0.15) is 0 Å². The molecule has 0 saturated carbocycles. The molecule has 6 heteroatoms. The molecule has 0 saturated heterocycles. The lowest BCUT2D eigenvalue weighted by molar-refractivity contribution is 0.588. The van der Waals surface area contributed by atoms with Crippen LogP contribution in [-0.4, -0.2) is 26.0 Å². The SMILES string of the molecule is CC(C)S(=O)(=O)CCNc1ccc(Cl)cc1Cl. The summed E-state index contributed by atoms with van der Waals surface area (Å²) < 4.78 is 23.1. The van der Waals surface area contributed by atoms with Crippen LogP contribution in [0, 0.1) is 0 Å². The van der Waals surface area contributed by atoms with Gasteiger partial charge in [-0.05, 0) is 32.0 Å². The maximum absolute atomic E-state index is 11.6. The Morgan fingerprint density at radius 3 is 2.47 bits per heavy atom. The molecule has 17 heavy (non-hydrogen) atoms. The maximum atomic E-state index is 11.6. The average Bonchev–Trinajstić information content (AvgIpc) is 2.21. The summed E-state index contributed by atoms with van der Waals surface area (Å²) in [7, 11) is -3.02. The van der Waals surface area contributed by atoms with Gasteiger partial charge in [0.05, 0.1) is 21.7 Å². The zero-order valence-electron chi connectivity index (χ0n) is 9.70. The third kappa shape index (κ3) is 4.37. The highest BCUT2D eigenvalue weighted by atomic mass is 35.5. The Hall–Kier alpha value is -0.450. The predicted molar refractivity (Wildman–Crippen MR) is 73.9 cm³/mol. The molecular weight excluding hydrogens is 281 g/mol. The van der Waals surface area contributed by atoms with Crippen molar-refractivity contribution in [1.82, 2.24) is 0 Å². The van der Waals surface area contributed by atoms with Crippen molar-refractivity contribution in [3.63, 3.8) is 0 Å². The third-order valence-corrected chi connectivity index (χ3v) is 5.11. The summed E-state index contributed by atoms with van der Waals surface area (Å²) in [5, 5.41) is 3.66. The van der Waals surface area contributed by atoms with E-state index >= 15 is 0 Å². The molecule has 1 aromatic carbocycles. The molecule has 0 atom stereocenters. The van der Waals surface area contributed by atoms with Crippen LogP contribution in [0.3, 0.4) is 0 Å². The molecule has 0 amide bonds. The molecule has 1 aromatic rings. The first kappa shape index (κ1) is 14.6. The molecule has 0 aliphatic carbocycles. The van der Waals surface area contributed by atoms with Crippen LogP contribution in [0.1, 0.15) is 13.8 Å². The van der Waals surface area contributed by atoms with Crippen LogP contribution >= 0.6 is 23.2 Å². The van der Waals surface area contributed by atoms with Gasteiger partial charge in [-0.1, -0.05) is 23.2 Å². The van der Waals surface area contributed by atoms with Gasteiger partial charge in [0.2, 0.25) is 0 Å². The average molecular weight is 296 g/mol. The number of hydrogen-bond acceptors (Lipinski definition) is 3. The lowest BCUT2D eigenvalue weighted by Crippen LogP contribution is -2.22. The minimum atomic E-state index is -3.02. The minimum absolute atomic E-state index is 0.0869. The summed E-state index contributed by atoms with van der Waals surface area (Å²) in [6.45, 7) is 3.68. The Morgan fingerprint density at radius 1 is 1.29 bits per heavy atom. The molecule has 0 spiro atoms. The van der Waals surface area contributed by atoms with E-state index < -0.39 is 9.84 Å². The lowest BCUT2D eigenvalue weighted by atomic mass is 10.3. The van der Waals surface area contributed by atoms with Crippen LogP contribution < -0.4 is 5.32 Å². The minimum Gasteiger partial charge on any atom is -0.383 e. The molecule has 0 radical (unpaired) electrons. The fraction of sp³-hybridized carbons (Fsp3) is 0.455. The number of halogens is 2. The largest absolute Gasteiger partial charge is 0.383 e. The second-order valence-electron chi connectivity index (χ2n) is 3.97. The molecule has 0 fully saturated rings. The van der Waals surface area contributed by atoms with E-state index in [0.717, 1.165) is 0 Å². The Labute approximate surface area is 112 Å². The summed E-state index contributed by atoms with van der Waals surface area (Å²) in [5.41, 5.74) is 0.690. The molecule has 0 heterocycles. The van der Waals surface area contributed by atoms with Crippen molar-refractivity contribution in [3.8, 4) is 0 Å². The molecule has 1 rings (SSSR count). The first-order chi connectivity index (χ1) is 7.83. The van der Waals surface area contributed by atoms with E-state index in [9.17, 15) is 8.42 Å². The highest BCUT2D eigenvalue weighted by Crippen LogP contribution is 2.25. The second kappa shape index (κ2) is 5.94. The van der Waals surface area contributed by atoms with Gasteiger partial charge in [-0.25, -0.2) is 8.42 Å². The van der Waals surface area contributed by atoms with Gasteiger partial charge in [0, 0.05) is 11.6 Å². The summed E-state index contributed by atoms with van der Waals surface area (Å²) in [4.78, 5) is 0. The van der Waals surface area contributed by atoms with Crippen LogP contribution in [0.15, 0.2) is 18.2 Å². The van der Waals surface area contributed by atoms with E-state index in [0.29, 0.717) is 22.3 Å². The van der Waals surface area contributed by atoms with Crippen molar-refractivity contribution >= 4 is 38.7 Å². The van der Waals surface area contributed by atoms with Crippen molar-refractivity contribution < 1.29 is 8.42 Å². The fourth-order valence-corrected chi connectivity index (χ4v) is 2.53. The number of hydrogen-bond donors (Lipinski definition) is 1. The van der Waals surface area contributed by atoms with Gasteiger partial charge in [0.15, 0.2) is 9.84 Å². The van der Waals surface area contributed by atoms with Crippen molar-refractivity contribution in [3.05, 3.63) is 28.2 Å². The highest BCUT2D eigenvalue weighted by molar-refractivity contribution is 7.92. The van der Waals surface area contributed by atoms with Crippen molar-refractivity contribution in [2.45, 2.75) is 19.1 Å². The quantitative estimate of drug-likeness (QED) is 0.907. The molecule has 0 unspecified atom stereocenters. The maximum Gasteiger partial charge on any atom is 0.154 e. The van der Waals surface area contributed by atoms with E-state index in [-0.39, 0.29) is 11.0 Å². The number of anilines is 1. The molecule has 96 valence electrons. The Kier molecular flexibility index (Phi) is 5.10. The van der Waals surface area contributed by atoms with Crippen LogP contribution in [0.5, 0.6) is 0 Å². The van der Waals surface area contributed by atoms with Crippen molar-refractivity contribution in [2.24, 2.45) is 0 Å². The van der Waals surface area contributed by atoms with Crippen LogP contribution in [-0.2, 0) is 9.84 Å². The second-order valence-corrected chi connectivity index (χ2v) is 7.49. The van der Waals surface area contributed by atoms with E-state index in [2.05, 4.69) is 5.32 Å². The lowest BCUT2D eigenvalue weighted by Gasteiger charge is -2.10. The molecule has 0 aliphatic rings. The fourth-order valence-electron chi connectivity index (χ4n) is 1.20. The molecule has 3 nitrogen and oxygen atoms in total. The van der Waals surface area contributed by atoms with Gasteiger partial charge >= 0.3 is 0 Å². The summed E-state index contributed by atoms with van der Waals surface area (Å²) in [6.07, 6.45) is 0. The zero-order chi connectivity index (χ0) is 13.1. The standard InChI is InChI=1S/C11H15Cl2NO2S/c1-8(2)17(15,16)6-5-14-11-4-3-9(12)7-10(11)13/h3-4,7-8,14H,5-6H2,1-2H3. The number of benzene rings is 1. The van der Waals surface area contributed by atoms with Crippen LogP contribution in [0.25, 0.3) is 0 Å². The molecule has 0 aromatic heterocycles. The van der Waals surface area contributed by atoms with Crippen molar-refractivity contribution in [1.29, 1.82) is 0 Å². The first-order valence-electron chi connectivity index (χ1n) is 5.23. The topological polar surface area (TPSA) is 46.2 Å². The van der Waals surface area contributed by atoms with Crippen LogP contribution in [0.2, 0.25) is 10.0 Å². The summed E-state index contributed by atoms with van der Waals surface area (Å²) >= 11 is 11.7. The highest BCUT2D eigenvalue weighted by Gasteiger charge is 2.15. The summed E-state index contributed by atoms with van der Waals surface area (Å²) in [5.74, 6) is 0.0869. The van der Waals surface area contributed by atoms with Crippen LogP contribution in [0.4, 0.5) is 5.69 Å². The first-order valence-corrected chi connectivity index (χ1v) is 7.70. The van der Waals surface area contributed by atoms with Gasteiger partial charge in [-0.3, -0.25) is 0 Å².